The van der Waals surface area contributed by atoms with Crippen LogP contribution in [0.2, 0.25) is 0 Å². The van der Waals surface area contributed by atoms with Gasteiger partial charge in [-0.1, -0.05) is 17.3 Å². The molecule has 1 fully saturated rings. The SMILES string of the molecule is Cc1cc(CC[C@H]2CCCN2C(=O)Cn2nnc3ccccc32)ccn1. The molecule has 1 aliphatic rings. The van der Waals surface area contributed by atoms with Crippen molar-refractivity contribution in [3.8, 4) is 0 Å². The zero-order valence-corrected chi connectivity index (χ0v) is 15.0. The van der Waals surface area contributed by atoms with Crippen LogP contribution in [0.5, 0.6) is 0 Å². The van der Waals surface area contributed by atoms with E-state index in [2.05, 4.69) is 27.4 Å². The molecule has 26 heavy (non-hydrogen) atoms. The van der Waals surface area contributed by atoms with Crippen LogP contribution >= 0.6 is 0 Å². The van der Waals surface area contributed by atoms with Gasteiger partial charge in [-0.05, 0) is 62.4 Å². The van der Waals surface area contributed by atoms with E-state index in [0.29, 0.717) is 6.04 Å². The van der Waals surface area contributed by atoms with E-state index in [9.17, 15) is 4.79 Å². The van der Waals surface area contributed by atoms with E-state index in [1.165, 1.54) is 5.56 Å². The van der Waals surface area contributed by atoms with Gasteiger partial charge in [0.1, 0.15) is 12.1 Å². The van der Waals surface area contributed by atoms with Gasteiger partial charge in [-0.2, -0.15) is 0 Å². The molecule has 3 heterocycles. The maximum absolute atomic E-state index is 12.9. The number of hydrogen-bond donors (Lipinski definition) is 0. The molecule has 4 rings (SSSR count). The van der Waals surface area contributed by atoms with Crippen molar-refractivity contribution in [3.05, 3.63) is 53.9 Å². The molecule has 0 aliphatic carbocycles. The molecule has 0 saturated carbocycles. The van der Waals surface area contributed by atoms with E-state index < -0.39 is 0 Å². The van der Waals surface area contributed by atoms with Crippen LogP contribution in [0.4, 0.5) is 0 Å². The van der Waals surface area contributed by atoms with Crippen molar-refractivity contribution in [2.24, 2.45) is 0 Å². The molecule has 1 atom stereocenters. The van der Waals surface area contributed by atoms with Gasteiger partial charge >= 0.3 is 0 Å². The first-order valence-electron chi connectivity index (χ1n) is 9.20. The average molecular weight is 349 g/mol. The summed E-state index contributed by atoms with van der Waals surface area (Å²) in [5.74, 6) is 0.133. The van der Waals surface area contributed by atoms with Crippen LogP contribution in [-0.4, -0.2) is 43.4 Å². The minimum absolute atomic E-state index is 0.133. The second-order valence-electron chi connectivity index (χ2n) is 6.96. The molecule has 6 heteroatoms. The number of rotatable bonds is 5. The summed E-state index contributed by atoms with van der Waals surface area (Å²) in [7, 11) is 0. The van der Waals surface area contributed by atoms with Gasteiger partial charge in [0.2, 0.25) is 5.91 Å². The van der Waals surface area contributed by atoms with Crippen molar-refractivity contribution in [3.63, 3.8) is 0 Å². The zero-order chi connectivity index (χ0) is 17.9. The highest BCUT2D eigenvalue weighted by Gasteiger charge is 2.28. The molecular weight excluding hydrogens is 326 g/mol. The lowest BCUT2D eigenvalue weighted by Gasteiger charge is -2.25. The summed E-state index contributed by atoms with van der Waals surface area (Å²) in [4.78, 5) is 19.1. The number of amides is 1. The predicted molar refractivity (Wildman–Crippen MR) is 99.6 cm³/mol. The fourth-order valence-electron chi connectivity index (χ4n) is 3.81. The largest absolute Gasteiger partial charge is 0.338 e. The van der Waals surface area contributed by atoms with Crippen LogP contribution in [0.3, 0.4) is 0 Å². The Morgan fingerprint density at radius 1 is 1.27 bits per heavy atom. The smallest absolute Gasteiger partial charge is 0.244 e. The van der Waals surface area contributed by atoms with Gasteiger partial charge in [0.25, 0.3) is 0 Å². The Morgan fingerprint density at radius 2 is 2.15 bits per heavy atom. The molecule has 134 valence electrons. The molecule has 1 amide bonds. The predicted octanol–water partition coefficient (Wildman–Crippen LogP) is 2.76. The molecule has 3 aromatic rings. The lowest BCUT2D eigenvalue weighted by molar-refractivity contribution is -0.132. The number of hydrogen-bond acceptors (Lipinski definition) is 4. The monoisotopic (exact) mass is 349 g/mol. The third-order valence-electron chi connectivity index (χ3n) is 5.13. The number of aromatic nitrogens is 4. The number of para-hydroxylation sites is 1. The lowest BCUT2D eigenvalue weighted by atomic mass is 10.0. The summed E-state index contributed by atoms with van der Waals surface area (Å²) >= 11 is 0. The lowest BCUT2D eigenvalue weighted by Crippen LogP contribution is -2.38. The first-order valence-corrected chi connectivity index (χ1v) is 9.20. The fraction of sp³-hybridized carbons (Fsp3) is 0.400. The number of likely N-dealkylation sites (tertiary alicyclic amines) is 1. The molecule has 0 unspecified atom stereocenters. The first kappa shape index (κ1) is 16.7. The zero-order valence-electron chi connectivity index (χ0n) is 15.0. The highest BCUT2D eigenvalue weighted by Crippen LogP contribution is 2.23. The van der Waals surface area contributed by atoms with Crippen LogP contribution in [0, 0.1) is 6.92 Å². The minimum Gasteiger partial charge on any atom is -0.338 e. The summed E-state index contributed by atoms with van der Waals surface area (Å²) in [5, 5.41) is 8.29. The third kappa shape index (κ3) is 3.45. The molecular formula is C20H23N5O. The molecule has 0 radical (unpaired) electrons. The molecule has 0 bridgehead atoms. The number of benzene rings is 1. The quantitative estimate of drug-likeness (QED) is 0.710. The van der Waals surface area contributed by atoms with Crippen LogP contribution in [0.25, 0.3) is 11.0 Å². The summed E-state index contributed by atoms with van der Waals surface area (Å²) in [5.41, 5.74) is 4.06. The molecule has 1 aromatic carbocycles. The van der Waals surface area contributed by atoms with Crippen molar-refractivity contribution in [1.29, 1.82) is 0 Å². The Balaban J connectivity index is 1.41. The van der Waals surface area contributed by atoms with Gasteiger partial charge in [-0.3, -0.25) is 9.78 Å². The van der Waals surface area contributed by atoms with E-state index in [1.807, 2.05) is 42.3 Å². The van der Waals surface area contributed by atoms with E-state index in [0.717, 1.165) is 49.0 Å². The summed E-state index contributed by atoms with van der Waals surface area (Å²) in [6.07, 6.45) is 5.98. The fourth-order valence-corrected chi connectivity index (χ4v) is 3.81. The standard InChI is InChI=1S/C20H23N5O/c1-15-13-16(10-11-21-15)8-9-17-5-4-12-24(17)20(26)14-25-19-7-3-2-6-18(19)22-23-25/h2-3,6-7,10-11,13,17H,4-5,8-9,12,14H2,1H3/t17-/m1/s1. The Hall–Kier alpha value is -2.76. The molecule has 0 N–H and O–H groups in total. The number of fused-ring (bicyclic) bond motifs is 1. The Morgan fingerprint density at radius 3 is 3.04 bits per heavy atom. The maximum atomic E-state index is 12.9. The number of aryl methyl sites for hydroxylation is 2. The normalized spacial score (nSPS) is 17.1. The van der Waals surface area contributed by atoms with Gasteiger partial charge in [0.15, 0.2) is 0 Å². The van der Waals surface area contributed by atoms with E-state index >= 15 is 0 Å². The molecule has 6 nitrogen and oxygen atoms in total. The Kier molecular flexibility index (Phi) is 4.65. The van der Waals surface area contributed by atoms with E-state index in [4.69, 9.17) is 0 Å². The number of carbonyl (C=O) groups excluding carboxylic acids is 1. The number of carbonyl (C=O) groups is 1. The van der Waals surface area contributed by atoms with Crippen molar-refractivity contribution >= 4 is 16.9 Å². The van der Waals surface area contributed by atoms with Crippen molar-refractivity contribution in [2.45, 2.75) is 45.2 Å². The number of pyridine rings is 1. The van der Waals surface area contributed by atoms with Crippen molar-refractivity contribution in [1.82, 2.24) is 24.9 Å². The van der Waals surface area contributed by atoms with E-state index in [-0.39, 0.29) is 12.5 Å². The van der Waals surface area contributed by atoms with Crippen molar-refractivity contribution < 1.29 is 4.79 Å². The second kappa shape index (κ2) is 7.23. The van der Waals surface area contributed by atoms with Gasteiger partial charge in [-0.15, -0.1) is 5.10 Å². The Labute approximate surface area is 152 Å². The van der Waals surface area contributed by atoms with E-state index in [1.54, 1.807) is 4.68 Å². The van der Waals surface area contributed by atoms with Crippen LogP contribution in [0.15, 0.2) is 42.6 Å². The minimum atomic E-state index is 0.133. The Bertz CT molecular complexity index is 919. The molecule has 2 aromatic heterocycles. The molecule has 1 aliphatic heterocycles. The maximum Gasteiger partial charge on any atom is 0.244 e. The second-order valence-corrected chi connectivity index (χ2v) is 6.96. The number of nitrogens with zero attached hydrogens (tertiary/aromatic N) is 5. The van der Waals surface area contributed by atoms with Gasteiger partial charge in [0.05, 0.1) is 5.52 Å². The summed E-state index contributed by atoms with van der Waals surface area (Å²) in [6.45, 7) is 3.11. The highest BCUT2D eigenvalue weighted by atomic mass is 16.2. The van der Waals surface area contributed by atoms with Crippen LogP contribution in [0.1, 0.15) is 30.5 Å². The summed E-state index contributed by atoms with van der Waals surface area (Å²) in [6, 6.07) is 12.3. The van der Waals surface area contributed by atoms with Crippen LogP contribution < -0.4 is 0 Å². The van der Waals surface area contributed by atoms with Crippen LogP contribution in [-0.2, 0) is 17.8 Å². The first-order chi connectivity index (χ1) is 12.7. The molecule has 0 spiro atoms. The molecule has 1 saturated heterocycles. The topological polar surface area (TPSA) is 63.9 Å². The van der Waals surface area contributed by atoms with Gasteiger partial charge in [-0.25, -0.2) is 4.68 Å². The highest BCUT2D eigenvalue weighted by molar-refractivity contribution is 5.80. The summed E-state index contributed by atoms with van der Waals surface area (Å²) < 4.78 is 1.71. The average Bonchev–Trinajstić information content (AvgIpc) is 3.27. The van der Waals surface area contributed by atoms with Crippen molar-refractivity contribution in [2.75, 3.05) is 6.54 Å². The van der Waals surface area contributed by atoms with Gasteiger partial charge < -0.3 is 4.90 Å². The van der Waals surface area contributed by atoms with Gasteiger partial charge in [0, 0.05) is 24.5 Å². The third-order valence-corrected chi connectivity index (χ3v) is 5.13.